The molecule has 1 aliphatic carbocycles. The molecule has 1 amide bonds. The Morgan fingerprint density at radius 1 is 1.20 bits per heavy atom. The van der Waals surface area contributed by atoms with Crippen LogP contribution in [0.25, 0.3) is 21.2 Å². The summed E-state index contributed by atoms with van der Waals surface area (Å²) >= 11 is 2.98. The highest BCUT2D eigenvalue weighted by molar-refractivity contribution is 7.21. The van der Waals surface area contributed by atoms with E-state index in [2.05, 4.69) is 26.9 Å². The van der Waals surface area contributed by atoms with Crippen molar-refractivity contribution < 1.29 is 9.90 Å². The summed E-state index contributed by atoms with van der Waals surface area (Å²) in [5, 5.41) is 20.4. The molecule has 4 aromatic rings. The number of carbonyl (C=O) groups is 1. The van der Waals surface area contributed by atoms with Gasteiger partial charge in [-0.05, 0) is 74.0 Å². The summed E-state index contributed by atoms with van der Waals surface area (Å²) in [6, 6.07) is 14.0. The molecule has 1 aliphatic rings. The number of nitrogens with zero attached hydrogens (tertiary/aromatic N) is 3. The average Bonchev–Trinajstić information content (AvgIpc) is 3.52. The van der Waals surface area contributed by atoms with E-state index >= 15 is 0 Å². The van der Waals surface area contributed by atoms with Gasteiger partial charge in [0.1, 0.15) is 10.6 Å². The van der Waals surface area contributed by atoms with Gasteiger partial charge in [0.15, 0.2) is 5.82 Å². The fraction of sp³-hybridized carbons (Fsp3) is 0.308. The van der Waals surface area contributed by atoms with Crippen molar-refractivity contribution in [2.45, 2.75) is 44.3 Å². The minimum atomic E-state index is -0.102. The first kappa shape index (κ1) is 23.6. The maximum Gasteiger partial charge on any atom is 0.268 e. The number of benzene rings is 1. The van der Waals surface area contributed by atoms with E-state index in [-0.39, 0.29) is 17.7 Å². The monoisotopic (exact) mass is 505 g/mol. The lowest BCUT2D eigenvalue weighted by Gasteiger charge is -2.36. The van der Waals surface area contributed by atoms with Gasteiger partial charge in [0.2, 0.25) is 0 Å². The van der Waals surface area contributed by atoms with Gasteiger partial charge in [-0.25, -0.2) is 10.5 Å². The van der Waals surface area contributed by atoms with Gasteiger partial charge in [-0.3, -0.25) is 4.79 Å². The van der Waals surface area contributed by atoms with Crippen molar-refractivity contribution in [3.05, 3.63) is 63.8 Å². The van der Waals surface area contributed by atoms with Gasteiger partial charge in [-0.15, -0.1) is 27.8 Å². The Kier molecular flexibility index (Phi) is 6.90. The average molecular weight is 506 g/mol. The van der Waals surface area contributed by atoms with Gasteiger partial charge in [-0.1, -0.05) is 12.1 Å². The Morgan fingerprint density at radius 3 is 2.69 bits per heavy atom. The molecule has 0 spiro atoms. The van der Waals surface area contributed by atoms with E-state index in [9.17, 15) is 9.90 Å². The van der Waals surface area contributed by atoms with Crippen molar-refractivity contribution in [1.29, 1.82) is 5.53 Å². The van der Waals surface area contributed by atoms with E-state index < -0.39 is 0 Å². The van der Waals surface area contributed by atoms with Crippen molar-refractivity contribution in [2.75, 3.05) is 7.05 Å². The summed E-state index contributed by atoms with van der Waals surface area (Å²) < 4.78 is 0.918. The van der Waals surface area contributed by atoms with Crippen LogP contribution < -0.4 is 5.32 Å². The highest BCUT2D eigenvalue weighted by Crippen LogP contribution is 2.39. The Bertz CT molecular complexity index is 1340. The van der Waals surface area contributed by atoms with Crippen LogP contribution in [0, 0.1) is 5.53 Å². The van der Waals surface area contributed by atoms with Crippen LogP contribution in [0.2, 0.25) is 0 Å². The topological polar surface area (TPSA) is 102 Å². The van der Waals surface area contributed by atoms with Crippen LogP contribution in [0.4, 0.5) is 5.82 Å². The first-order valence-electron chi connectivity index (χ1n) is 11.7. The highest BCUT2D eigenvalue weighted by Gasteiger charge is 2.32. The summed E-state index contributed by atoms with van der Waals surface area (Å²) in [4.78, 5) is 21.5. The van der Waals surface area contributed by atoms with Gasteiger partial charge >= 0.3 is 0 Å². The molecule has 0 radical (unpaired) electrons. The van der Waals surface area contributed by atoms with Crippen molar-refractivity contribution in [3.63, 3.8) is 0 Å². The van der Waals surface area contributed by atoms with Crippen LogP contribution in [-0.4, -0.2) is 40.0 Å². The van der Waals surface area contributed by atoms with Crippen LogP contribution in [0.5, 0.6) is 5.75 Å². The van der Waals surface area contributed by atoms with Crippen molar-refractivity contribution in [2.24, 2.45) is 5.11 Å². The number of aromatic nitrogens is 1. The lowest BCUT2D eigenvalue weighted by atomic mass is 9.90. The minimum absolute atomic E-state index is 0.0855. The summed E-state index contributed by atoms with van der Waals surface area (Å²) in [5.74, 6) is 0.360. The molecule has 3 heterocycles. The van der Waals surface area contributed by atoms with E-state index in [1.807, 2.05) is 42.3 Å². The van der Waals surface area contributed by atoms with Gasteiger partial charge in [0.25, 0.3) is 5.91 Å². The maximum absolute atomic E-state index is 13.9. The molecule has 35 heavy (non-hydrogen) atoms. The first-order chi connectivity index (χ1) is 17.1. The minimum Gasteiger partial charge on any atom is -0.506 e. The normalized spacial score (nSPS) is 18.0. The number of thiophene rings is 2. The molecule has 1 saturated carbocycles. The third-order valence-electron chi connectivity index (χ3n) is 6.75. The quantitative estimate of drug-likeness (QED) is 0.247. The maximum atomic E-state index is 13.9. The molecule has 7 nitrogen and oxygen atoms in total. The third-order valence-corrected chi connectivity index (χ3v) is 8.82. The number of fused-ring (bicyclic) bond motifs is 1. The van der Waals surface area contributed by atoms with E-state index in [1.165, 1.54) is 11.3 Å². The molecule has 3 N–H and O–H groups in total. The molecular formula is C26H27N5O2S2. The molecule has 9 heteroatoms. The summed E-state index contributed by atoms with van der Waals surface area (Å²) in [5.41, 5.74) is 9.08. The highest BCUT2D eigenvalue weighted by atomic mass is 32.1. The molecule has 180 valence electrons. The fourth-order valence-electron chi connectivity index (χ4n) is 4.76. The summed E-state index contributed by atoms with van der Waals surface area (Å²) in [7, 11) is 2.00. The van der Waals surface area contributed by atoms with Crippen molar-refractivity contribution >= 4 is 44.5 Å². The third kappa shape index (κ3) is 4.84. The Morgan fingerprint density at radius 2 is 2.00 bits per heavy atom. The number of hydrogen-bond acceptors (Lipinski definition) is 8. The summed E-state index contributed by atoms with van der Waals surface area (Å²) in [6.45, 7) is 0.500. The van der Waals surface area contributed by atoms with E-state index in [4.69, 9.17) is 5.53 Å². The Balaban J connectivity index is 1.43. The van der Waals surface area contributed by atoms with Gasteiger partial charge in [0.05, 0.1) is 6.54 Å². The number of nitrogens with one attached hydrogen (secondary N) is 2. The first-order valence-corrected chi connectivity index (χ1v) is 13.4. The lowest BCUT2D eigenvalue weighted by molar-refractivity contribution is 0.0606. The van der Waals surface area contributed by atoms with E-state index in [1.54, 1.807) is 23.6 Å². The second-order valence-electron chi connectivity index (χ2n) is 8.82. The van der Waals surface area contributed by atoms with Crippen LogP contribution in [0.1, 0.15) is 40.2 Å². The van der Waals surface area contributed by atoms with Gasteiger partial charge < -0.3 is 15.3 Å². The molecular weight excluding hydrogens is 478 g/mol. The number of rotatable bonds is 7. The molecule has 0 atom stereocenters. The number of aromatic hydroxyl groups is 1. The zero-order valence-electron chi connectivity index (χ0n) is 19.4. The number of amides is 1. The smallest absolute Gasteiger partial charge is 0.268 e. The molecule has 0 saturated heterocycles. The zero-order valence-corrected chi connectivity index (χ0v) is 21.0. The fourth-order valence-corrected chi connectivity index (χ4v) is 6.70. The van der Waals surface area contributed by atoms with Crippen LogP contribution in [0.3, 0.4) is 0 Å². The molecule has 3 aromatic heterocycles. The molecule has 0 aliphatic heterocycles. The Labute approximate surface area is 212 Å². The summed E-state index contributed by atoms with van der Waals surface area (Å²) in [6.07, 6.45) is 5.64. The molecule has 0 bridgehead atoms. The predicted molar refractivity (Wildman–Crippen MR) is 141 cm³/mol. The molecule has 0 unspecified atom stereocenters. The number of hydrogen-bond donors (Lipinski definition) is 3. The zero-order chi connectivity index (χ0) is 24.4. The van der Waals surface area contributed by atoms with Crippen LogP contribution in [0.15, 0.2) is 59.2 Å². The standard InChI is InChI=1S/C26H27N5O2S2/c1-28-18-7-9-19(10-8-18)31(26(33)25-24(32)21-4-2-3-5-22(21)35-25)14-20-12-17(15-34-20)16-6-11-23(30-27)29-13-16/h2-6,11-13,15,18-19,27-28,32H,7-10,14H2,1H3. The van der Waals surface area contributed by atoms with Gasteiger partial charge in [0, 0.05) is 38.8 Å². The van der Waals surface area contributed by atoms with E-state index in [0.29, 0.717) is 23.3 Å². The van der Waals surface area contributed by atoms with E-state index in [0.717, 1.165) is 51.8 Å². The molecule has 1 fully saturated rings. The SMILES string of the molecule is CNC1CCC(N(Cc2cc(-c3ccc(N=N)nc3)cs2)C(=O)c2sc3ccccc3c2O)CC1. The second kappa shape index (κ2) is 10.2. The van der Waals surface area contributed by atoms with Crippen molar-refractivity contribution in [1.82, 2.24) is 15.2 Å². The largest absolute Gasteiger partial charge is 0.506 e. The van der Waals surface area contributed by atoms with Crippen molar-refractivity contribution in [3.8, 4) is 16.9 Å². The molecule has 1 aromatic carbocycles. The number of carbonyl (C=O) groups excluding carboxylic acids is 1. The van der Waals surface area contributed by atoms with Crippen LogP contribution in [-0.2, 0) is 6.54 Å². The Hall–Kier alpha value is -3.14. The lowest BCUT2D eigenvalue weighted by Crippen LogP contribution is -2.44. The second-order valence-corrected chi connectivity index (χ2v) is 10.9. The number of pyridine rings is 1. The van der Waals surface area contributed by atoms with Crippen LogP contribution >= 0.6 is 22.7 Å². The van der Waals surface area contributed by atoms with Gasteiger partial charge in [-0.2, -0.15) is 0 Å². The molecule has 5 rings (SSSR count). The predicted octanol–water partition coefficient (Wildman–Crippen LogP) is 6.57.